The second kappa shape index (κ2) is 9.68. The summed E-state index contributed by atoms with van der Waals surface area (Å²) in [5.74, 6) is 2.08. The summed E-state index contributed by atoms with van der Waals surface area (Å²) in [4.78, 5) is 14.2. The van der Waals surface area contributed by atoms with E-state index in [1.165, 1.54) is 0 Å². The van der Waals surface area contributed by atoms with Crippen LogP contribution < -0.4 is 19.5 Å². The number of carbonyl (C=O) groups is 1. The highest BCUT2D eigenvalue weighted by molar-refractivity contribution is 5.78. The normalized spacial score (nSPS) is 10.5. The number of carbonyl (C=O) groups excluding carboxylic acids is 1. The van der Waals surface area contributed by atoms with Crippen LogP contribution in [0.15, 0.2) is 42.5 Å². The molecular formula is C20H26N2O4. The molecule has 0 unspecified atom stereocenters. The van der Waals surface area contributed by atoms with E-state index in [0.717, 1.165) is 16.9 Å². The molecule has 0 aliphatic carbocycles. The number of hydrogen-bond donors (Lipinski definition) is 1. The molecule has 6 nitrogen and oxygen atoms in total. The van der Waals surface area contributed by atoms with Crippen LogP contribution in [0.4, 0.5) is 0 Å². The number of amides is 1. The molecule has 1 amide bonds. The van der Waals surface area contributed by atoms with Crippen molar-refractivity contribution in [3.05, 3.63) is 53.6 Å². The number of benzene rings is 2. The maximum absolute atomic E-state index is 12.2. The van der Waals surface area contributed by atoms with E-state index < -0.39 is 0 Å². The third kappa shape index (κ3) is 5.13. The van der Waals surface area contributed by atoms with Crippen molar-refractivity contribution in [2.75, 3.05) is 34.9 Å². The Balaban J connectivity index is 1.91. The molecule has 0 spiro atoms. The third-order valence-electron chi connectivity index (χ3n) is 4.01. The van der Waals surface area contributed by atoms with E-state index in [4.69, 9.17) is 14.2 Å². The molecular weight excluding hydrogens is 332 g/mol. The van der Waals surface area contributed by atoms with Crippen LogP contribution in [0.3, 0.4) is 0 Å². The van der Waals surface area contributed by atoms with Gasteiger partial charge in [-0.2, -0.15) is 0 Å². The predicted octanol–water partition coefficient (Wildman–Crippen LogP) is 2.46. The summed E-state index contributed by atoms with van der Waals surface area (Å²) in [5.41, 5.74) is 1.91. The van der Waals surface area contributed by atoms with Gasteiger partial charge in [-0.1, -0.05) is 30.3 Å². The zero-order valence-electron chi connectivity index (χ0n) is 15.7. The fraction of sp³-hybridized carbons (Fsp3) is 0.350. The summed E-state index contributed by atoms with van der Waals surface area (Å²) in [7, 11) is 6.73. The molecule has 0 fully saturated rings. The van der Waals surface area contributed by atoms with Crippen molar-refractivity contribution in [2.24, 2.45) is 0 Å². The van der Waals surface area contributed by atoms with Crippen molar-refractivity contribution < 1.29 is 19.0 Å². The average molecular weight is 358 g/mol. The predicted molar refractivity (Wildman–Crippen MR) is 101 cm³/mol. The Morgan fingerprint density at radius 1 is 0.923 bits per heavy atom. The lowest BCUT2D eigenvalue weighted by Crippen LogP contribution is -2.34. The van der Waals surface area contributed by atoms with Crippen LogP contribution >= 0.6 is 0 Å². The van der Waals surface area contributed by atoms with Crippen molar-refractivity contribution in [2.45, 2.75) is 13.1 Å². The van der Waals surface area contributed by atoms with Gasteiger partial charge in [0, 0.05) is 24.2 Å². The molecule has 0 heterocycles. The zero-order valence-corrected chi connectivity index (χ0v) is 15.7. The molecule has 1 N–H and O–H groups in total. The second-order valence-corrected chi connectivity index (χ2v) is 5.91. The number of likely N-dealkylation sites (N-methyl/N-ethyl adjacent to an activating group) is 1. The molecule has 140 valence electrons. The molecule has 0 aliphatic rings. The smallest absolute Gasteiger partial charge is 0.234 e. The number of para-hydroxylation sites is 2. The van der Waals surface area contributed by atoms with Gasteiger partial charge in [-0.05, 0) is 19.2 Å². The van der Waals surface area contributed by atoms with Gasteiger partial charge in [-0.25, -0.2) is 0 Å². The molecule has 0 atom stereocenters. The third-order valence-corrected chi connectivity index (χ3v) is 4.01. The van der Waals surface area contributed by atoms with E-state index in [2.05, 4.69) is 5.32 Å². The Hall–Kier alpha value is -2.73. The first-order valence-electron chi connectivity index (χ1n) is 8.36. The highest BCUT2D eigenvalue weighted by Gasteiger charge is 2.13. The number of ether oxygens (including phenoxy) is 3. The van der Waals surface area contributed by atoms with Crippen molar-refractivity contribution in [3.63, 3.8) is 0 Å². The first-order chi connectivity index (χ1) is 12.6. The van der Waals surface area contributed by atoms with Gasteiger partial charge in [0.15, 0.2) is 11.5 Å². The monoisotopic (exact) mass is 358 g/mol. The van der Waals surface area contributed by atoms with Crippen LogP contribution in [-0.2, 0) is 17.9 Å². The Morgan fingerprint density at radius 2 is 1.58 bits per heavy atom. The van der Waals surface area contributed by atoms with Gasteiger partial charge in [0.2, 0.25) is 5.91 Å². The van der Waals surface area contributed by atoms with Crippen LogP contribution in [0.2, 0.25) is 0 Å². The fourth-order valence-electron chi connectivity index (χ4n) is 2.77. The number of methoxy groups -OCH3 is 3. The largest absolute Gasteiger partial charge is 0.496 e. The zero-order chi connectivity index (χ0) is 18.9. The van der Waals surface area contributed by atoms with Crippen LogP contribution in [0, 0.1) is 0 Å². The van der Waals surface area contributed by atoms with Gasteiger partial charge in [0.1, 0.15) is 5.75 Å². The molecule has 0 bridgehead atoms. The molecule has 0 radical (unpaired) electrons. The standard InChI is InChI=1S/C20H26N2O4/c1-22(13-16-9-7-11-18(25-3)20(16)26-4)14-19(23)21-12-15-8-5-6-10-17(15)24-2/h5-11H,12-14H2,1-4H3,(H,21,23). The lowest BCUT2D eigenvalue weighted by Gasteiger charge is -2.19. The SMILES string of the molecule is COc1ccccc1CNC(=O)CN(C)Cc1cccc(OC)c1OC. The fourth-order valence-corrected chi connectivity index (χ4v) is 2.77. The number of rotatable bonds is 9. The van der Waals surface area contributed by atoms with E-state index in [0.29, 0.717) is 24.6 Å². The second-order valence-electron chi connectivity index (χ2n) is 5.91. The summed E-state index contributed by atoms with van der Waals surface area (Å²) >= 11 is 0. The lowest BCUT2D eigenvalue weighted by molar-refractivity contribution is -0.122. The molecule has 2 rings (SSSR count). The number of nitrogens with one attached hydrogen (secondary N) is 1. The average Bonchev–Trinajstić information content (AvgIpc) is 2.66. The molecule has 0 aliphatic heterocycles. The van der Waals surface area contributed by atoms with E-state index in [1.807, 2.05) is 54.4 Å². The summed E-state index contributed by atoms with van der Waals surface area (Å²) in [5, 5.41) is 2.92. The molecule has 0 aromatic heterocycles. The minimum Gasteiger partial charge on any atom is -0.496 e. The summed E-state index contributed by atoms with van der Waals surface area (Å²) in [6.07, 6.45) is 0. The van der Waals surface area contributed by atoms with Crippen LogP contribution in [0.1, 0.15) is 11.1 Å². The molecule has 2 aromatic rings. The quantitative estimate of drug-likeness (QED) is 0.746. The van der Waals surface area contributed by atoms with E-state index in [1.54, 1.807) is 21.3 Å². The topological polar surface area (TPSA) is 60.0 Å². The first-order valence-corrected chi connectivity index (χ1v) is 8.36. The maximum Gasteiger partial charge on any atom is 0.234 e. The minimum atomic E-state index is -0.0553. The van der Waals surface area contributed by atoms with Crippen molar-refractivity contribution in [3.8, 4) is 17.2 Å². The van der Waals surface area contributed by atoms with Gasteiger partial charge in [0.25, 0.3) is 0 Å². The Kier molecular flexibility index (Phi) is 7.29. The van der Waals surface area contributed by atoms with Gasteiger partial charge < -0.3 is 19.5 Å². The Morgan fingerprint density at radius 3 is 2.27 bits per heavy atom. The van der Waals surface area contributed by atoms with E-state index in [9.17, 15) is 4.79 Å². The minimum absolute atomic E-state index is 0.0553. The molecule has 0 saturated heterocycles. The number of hydrogen-bond acceptors (Lipinski definition) is 5. The summed E-state index contributed by atoms with van der Waals surface area (Å²) < 4.78 is 16.0. The van der Waals surface area contributed by atoms with Gasteiger partial charge in [0.05, 0.1) is 27.9 Å². The van der Waals surface area contributed by atoms with Gasteiger partial charge in [-0.3, -0.25) is 9.69 Å². The van der Waals surface area contributed by atoms with E-state index in [-0.39, 0.29) is 12.5 Å². The van der Waals surface area contributed by atoms with Gasteiger partial charge >= 0.3 is 0 Å². The summed E-state index contributed by atoms with van der Waals surface area (Å²) in [6, 6.07) is 13.4. The highest BCUT2D eigenvalue weighted by atomic mass is 16.5. The number of nitrogens with zero attached hydrogens (tertiary/aromatic N) is 1. The molecule has 6 heteroatoms. The van der Waals surface area contributed by atoms with Crippen LogP contribution in [0.5, 0.6) is 17.2 Å². The van der Waals surface area contributed by atoms with Crippen LogP contribution in [-0.4, -0.2) is 45.7 Å². The van der Waals surface area contributed by atoms with E-state index >= 15 is 0 Å². The Labute approximate surface area is 154 Å². The summed E-state index contributed by atoms with van der Waals surface area (Å²) in [6.45, 7) is 1.27. The molecule has 0 saturated carbocycles. The van der Waals surface area contributed by atoms with Crippen molar-refractivity contribution >= 4 is 5.91 Å². The van der Waals surface area contributed by atoms with Crippen molar-refractivity contribution in [1.82, 2.24) is 10.2 Å². The molecule has 2 aromatic carbocycles. The lowest BCUT2D eigenvalue weighted by atomic mass is 10.1. The Bertz CT molecular complexity index is 734. The van der Waals surface area contributed by atoms with Crippen LogP contribution in [0.25, 0.3) is 0 Å². The highest BCUT2D eigenvalue weighted by Crippen LogP contribution is 2.31. The molecule has 26 heavy (non-hydrogen) atoms. The maximum atomic E-state index is 12.2. The van der Waals surface area contributed by atoms with Crippen molar-refractivity contribution in [1.29, 1.82) is 0 Å². The first kappa shape index (κ1) is 19.6. The van der Waals surface area contributed by atoms with Gasteiger partial charge in [-0.15, -0.1) is 0 Å².